The Bertz CT molecular complexity index is 2350. The molecule has 2 aliphatic heterocycles. The molecule has 3 rings (SSSR count). The maximum absolute atomic E-state index is 14.9. The van der Waals surface area contributed by atoms with Crippen molar-refractivity contribution in [3.05, 3.63) is 29.8 Å². The van der Waals surface area contributed by atoms with Gasteiger partial charge in [-0.1, -0.05) is 52.7 Å². The van der Waals surface area contributed by atoms with Crippen LogP contribution in [-0.2, 0) is 49.6 Å². The van der Waals surface area contributed by atoms with E-state index in [2.05, 4.69) is 41.9 Å². The third-order valence-corrected chi connectivity index (χ3v) is 14.8. The summed E-state index contributed by atoms with van der Waals surface area (Å²) in [5, 5.41) is 36.4. The predicted molar refractivity (Wildman–Crippen MR) is 313 cm³/mol. The van der Waals surface area contributed by atoms with E-state index < -0.39 is 114 Å². The van der Waals surface area contributed by atoms with E-state index in [0.717, 1.165) is 0 Å². The number of aromatic hydroxyl groups is 1. The van der Waals surface area contributed by atoms with Crippen molar-refractivity contribution in [2.45, 2.75) is 191 Å². The maximum Gasteiger partial charge on any atom is 0.326 e. The highest BCUT2D eigenvalue weighted by Crippen LogP contribution is 2.24. The largest absolute Gasteiger partial charge is 0.508 e. The van der Waals surface area contributed by atoms with Crippen molar-refractivity contribution in [1.82, 2.24) is 41.7 Å². The lowest BCUT2D eigenvalue weighted by Gasteiger charge is -2.32. The minimum atomic E-state index is -1.35. The summed E-state index contributed by atoms with van der Waals surface area (Å²) >= 11 is 0. The van der Waals surface area contributed by atoms with Crippen LogP contribution in [0.5, 0.6) is 5.75 Å². The molecule has 10 atom stereocenters. The van der Waals surface area contributed by atoms with E-state index in [0.29, 0.717) is 70.0 Å². The van der Waals surface area contributed by atoms with Crippen molar-refractivity contribution < 1.29 is 53.4 Å². The zero-order chi connectivity index (χ0) is 61.8. The van der Waals surface area contributed by atoms with Crippen LogP contribution in [0.2, 0.25) is 0 Å². The first-order valence-electron chi connectivity index (χ1n) is 29.1. The number of carbonyl (C=O) groups is 9. The van der Waals surface area contributed by atoms with Crippen molar-refractivity contribution in [2.75, 3.05) is 39.3 Å². The molecule has 0 saturated carbocycles. The standard InChI is InChI=1S/C55H95N17O11/c1-5-33(4)44(50(79)69-41(53(82)83)30-32(2)3)70-47(76)40(31-34-20-22-35(73)23-21-34)68-49(78)43-19-13-29-72(43)52(81)39(17-11-27-64-55(61)62)67-46(75)37(16-10-26-63-54(59)60)65-48(77)42-18-12-28-71(42)51(80)38(15-7-9-25-57)66-45(74)36(58)14-6-8-24-56/h20-23,32-33,36-44,73H,5-19,24-31,56-58H2,1-4H3,(H,65,77)(H,66,74)(H,67,75)(H,68,78)(H,69,79)(H,70,76)(H,82,83)(H4,59,60,63)(H4,61,62,64)/t33-,36+,37-,38-,39-,40-,41-,42-,43-,44-/m0/s1. The molecule has 28 nitrogen and oxygen atoms in total. The number of amides is 8. The molecular formula is C55H95N17O11. The van der Waals surface area contributed by atoms with Gasteiger partial charge in [-0.3, -0.25) is 48.3 Å². The number of guanidine groups is 2. The van der Waals surface area contributed by atoms with Crippen molar-refractivity contribution in [2.24, 2.45) is 62.0 Å². The van der Waals surface area contributed by atoms with E-state index in [9.17, 15) is 53.4 Å². The minimum absolute atomic E-state index is 0.0272. The number of nitrogens with one attached hydrogen (secondary N) is 6. The van der Waals surface area contributed by atoms with Crippen LogP contribution in [0.25, 0.3) is 0 Å². The Kier molecular flexibility index (Phi) is 30.6. The molecule has 83 heavy (non-hydrogen) atoms. The summed E-state index contributed by atoms with van der Waals surface area (Å²) in [6.07, 6.45) is 4.87. The number of carboxylic acids is 1. The molecule has 2 saturated heterocycles. The van der Waals surface area contributed by atoms with Gasteiger partial charge in [-0.25, -0.2) is 4.79 Å². The summed E-state index contributed by atoms with van der Waals surface area (Å²) in [6.45, 7) is 8.32. The Morgan fingerprint density at radius 2 is 1.05 bits per heavy atom. The maximum atomic E-state index is 14.9. The van der Waals surface area contributed by atoms with Crippen LogP contribution in [0.1, 0.15) is 136 Å². The third kappa shape index (κ3) is 23.8. The Hall–Kier alpha value is -7.33. The number of aliphatic carboxylic acids is 1. The molecule has 2 fully saturated rings. The number of nitrogens with zero attached hydrogens (tertiary/aromatic N) is 4. The Labute approximate surface area is 486 Å². The molecule has 0 bridgehead atoms. The van der Waals surface area contributed by atoms with E-state index in [1.54, 1.807) is 26.0 Å². The third-order valence-electron chi connectivity index (χ3n) is 14.8. The van der Waals surface area contributed by atoms with E-state index in [1.165, 1.54) is 21.9 Å². The average molecular weight is 1170 g/mol. The minimum Gasteiger partial charge on any atom is -0.508 e. The molecule has 466 valence electrons. The number of likely N-dealkylation sites (tertiary alicyclic amines) is 2. The second-order valence-electron chi connectivity index (χ2n) is 22.0. The monoisotopic (exact) mass is 1170 g/mol. The Morgan fingerprint density at radius 1 is 0.590 bits per heavy atom. The Balaban J connectivity index is 1.96. The SMILES string of the molecule is CC[C@H](C)[C@H](NC(=O)[C@H](Cc1ccc(O)cc1)NC(=O)[C@@H]1CCCN1C(=O)[C@H](CCCN=C(N)N)NC(=O)[C@H](CCCN=C(N)N)NC(=O)[C@@H]1CCCN1C(=O)[C@H](CCCCN)NC(=O)[C@H](N)CCCCN)C(=O)N[C@@H](CC(C)C)C(=O)O. The first-order chi connectivity index (χ1) is 39.4. The molecule has 0 aromatic heterocycles. The summed E-state index contributed by atoms with van der Waals surface area (Å²) < 4.78 is 0. The number of nitrogens with two attached hydrogens (primary N) is 7. The van der Waals surface area contributed by atoms with Crippen LogP contribution in [0.15, 0.2) is 34.3 Å². The summed E-state index contributed by atoms with van der Waals surface area (Å²) in [7, 11) is 0. The molecule has 22 N–H and O–H groups in total. The van der Waals surface area contributed by atoms with Crippen molar-refractivity contribution in [3.8, 4) is 5.75 Å². The highest BCUT2D eigenvalue weighted by molar-refractivity contribution is 5.98. The van der Waals surface area contributed by atoms with Gasteiger partial charge in [-0.2, -0.15) is 0 Å². The number of phenolic OH excluding ortho intramolecular Hbond substituents is 1. The van der Waals surface area contributed by atoms with E-state index in [-0.39, 0.29) is 108 Å². The molecular weight excluding hydrogens is 1070 g/mol. The summed E-state index contributed by atoms with van der Waals surface area (Å²) in [4.78, 5) is 137. The van der Waals surface area contributed by atoms with Gasteiger partial charge in [0, 0.05) is 32.6 Å². The first kappa shape index (κ1) is 69.9. The first-order valence-corrected chi connectivity index (χ1v) is 29.1. The van der Waals surface area contributed by atoms with E-state index in [1.807, 2.05) is 13.8 Å². The topological polar surface area (TPSA) is 480 Å². The van der Waals surface area contributed by atoms with Gasteiger partial charge in [-0.05, 0) is 133 Å². The predicted octanol–water partition coefficient (Wildman–Crippen LogP) is -2.31. The van der Waals surface area contributed by atoms with Gasteiger partial charge in [0.1, 0.15) is 54.1 Å². The van der Waals surface area contributed by atoms with Gasteiger partial charge in [0.05, 0.1) is 6.04 Å². The zero-order valence-electron chi connectivity index (χ0n) is 48.8. The van der Waals surface area contributed by atoms with Crippen molar-refractivity contribution in [3.63, 3.8) is 0 Å². The zero-order valence-corrected chi connectivity index (χ0v) is 48.8. The smallest absolute Gasteiger partial charge is 0.326 e. The molecule has 0 radical (unpaired) electrons. The molecule has 2 heterocycles. The lowest BCUT2D eigenvalue weighted by atomic mass is 9.96. The normalized spacial score (nSPS) is 17.8. The number of benzene rings is 1. The van der Waals surface area contributed by atoms with Crippen LogP contribution in [0.3, 0.4) is 0 Å². The van der Waals surface area contributed by atoms with Gasteiger partial charge in [0.25, 0.3) is 0 Å². The Morgan fingerprint density at radius 3 is 1.53 bits per heavy atom. The van der Waals surface area contributed by atoms with Crippen molar-refractivity contribution in [1.29, 1.82) is 0 Å². The molecule has 1 aromatic rings. The number of hydrogen-bond donors (Lipinski definition) is 15. The molecule has 0 aliphatic carbocycles. The second-order valence-corrected chi connectivity index (χ2v) is 22.0. The highest BCUT2D eigenvalue weighted by atomic mass is 16.4. The fourth-order valence-corrected chi connectivity index (χ4v) is 10.0. The molecule has 2 aliphatic rings. The summed E-state index contributed by atoms with van der Waals surface area (Å²) in [6, 6.07) is -4.60. The van der Waals surface area contributed by atoms with Gasteiger partial charge in [-0.15, -0.1) is 0 Å². The van der Waals surface area contributed by atoms with Gasteiger partial charge < -0.3 is 92.0 Å². The number of carbonyl (C=O) groups excluding carboxylic acids is 8. The summed E-state index contributed by atoms with van der Waals surface area (Å²) in [5.74, 6) is -7.59. The number of hydrogen-bond acceptors (Lipinski definition) is 15. The lowest BCUT2D eigenvalue weighted by Crippen LogP contribution is -2.60. The molecule has 8 amide bonds. The fraction of sp³-hybridized carbons (Fsp3) is 0.691. The van der Waals surface area contributed by atoms with Gasteiger partial charge >= 0.3 is 5.97 Å². The molecule has 28 heteroatoms. The number of carboxylic acid groups (broad SMARTS) is 1. The number of unbranched alkanes of at least 4 members (excludes halogenated alkanes) is 2. The van der Waals surface area contributed by atoms with Crippen LogP contribution >= 0.6 is 0 Å². The lowest BCUT2D eigenvalue weighted by molar-refractivity contribution is -0.144. The second kappa shape index (κ2) is 36.3. The highest BCUT2D eigenvalue weighted by Gasteiger charge is 2.42. The van der Waals surface area contributed by atoms with Crippen LogP contribution in [0, 0.1) is 11.8 Å². The number of rotatable bonds is 37. The van der Waals surface area contributed by atoms with Crippen LogP contribution < -0.4 is 72.0 Å². The molecule has 1 aromatic carbocycles. The number of aliphatic imine (C=N–C) groups is 2. The summed E-state index contributed by atoms with van der Waals surface area (Å²) in [5.41, 5.74) is 40.4. The van der Waals surface area contributed by atoms with Gasteiger partial charge in [0.15, 0.2) is 11.9 Å². The van der Waals surface area contributed by atoms with Crippen LogP contribution in [-0.4, -0.2) is 179 Å². The van der Waals surface area contributed by atoms with E-state index in [4.69, 9.17) is 40.1 Å². The quantitative estimate of drug-likeness (QED) is 0.0189. The van der Waals surface area contributed by atoms with E-state index >= 15 is 0 Å². The number of phenols is 1. The van der Waals surface area contributed by atoms with Crippen LogP contribution in [0.4, 0.5) is 0 Å². The van der Waals surface area contributed by atoms with Gasteiger partial charge in [0.2, 0.25) is 47.3 Å². The molecule has 0 unspecified atom stereocenters. The molecule has 0 spiro atoms. The average Bonchev–Trinajstić information content (AvgIpc) is 4.20. The fourth-order valence-electron chi connectivity index (χ4n) is 10.0. The van der Waals surface area contributed by atoms with Crippen molar-refractivity contribution >= 4 is 65.1 Å².